The second-order valence-electron chi connectivity index (χ2n) is 2.68. The maximum atomic E-state index is 11.3. The zero-order chi connectivity index (χ0) is 12.1. The fraction of sp³-hybridized carbons (Fsp3) is 0. The number of rotatable bonds is 3. The smallest absolute Gasteiger partial charge is 0.379 e. The summed E-state index contributed by atoms with van der Waals surface area (Å²) in [5.41, 5.74) is -0.587. The summed E-state index contributed by atoms with van der Waals surface area (Å²) in [4.78, 5) is 42.5. The molecule has 1 N–H and O–H groups in total. The summed E-state index contributed by atoms with van der Waals surface area (Å²) in [6.07, 6.45) is -0.179. The van der Waals surface area contributed by atoms with Crippen LogP contribution in [0.1, 0.15) is 20.7 Å². The third kappa shape index (κ3) is 2.50. The Morgan fingerprint density at radius 1 is 1.12 bits per heavy atom. The zero-order valence-corrected chi connectivity index (χ0v) is 7.88. The van der Waals surface area contributed by atoms with Crippen LogP contribution in [-0.4, -0.2) is 29.3 Å². The first-order chi connectivity index (χ1) is 7.56. The first-order valence-corrected chi connectivity index (χ1v) is 4.10. The van der Waals surface area contributed by atoms with Crippen LogP contribution < -0.4 is 0 Å². The number of carbonyl (C=O) groups excluding carboxylic acids is 3. The lowest BCUT2D eigenvalue weighted by Gasteiger charge is -2.02. The lowest BCUT2D eigenvalue weighted by atomic mass is 10.1. The van der Waals surface area contributed by atoms with Crippen molar-refractivity contribution in [1.82, 2.24) is 0 Å². The molecule has 0 aliphatic heterocycles. The van der Waals surface area contributed by atoms with Crippen molar-refractivity contribution < 1.29 is 29.0 Å². The van der Waals surface area contributed by atoms with Gasteiger partial charge in [0.15, 0.2) is 0 Å². The van der Waals surface area contributed by atoms with Gasteiger partial charge in [-0.2, -0.15) is 0 Å². The predicted octanol–water partition coefficient (Wildman–Crippen LogP) is 0.267. The minimum absolute atomic E-state index is 0.179. The van der Waals surface area contributed by atoms with Gasteiger partial charge >= 0.3 is 17.9 Å². The summed E-state index contributed by atoms with van der Waals surface area (Å²) in [5.74, 6) is -3.87. The monoisotopic (exact) mass is 222 g/mol. The van der Waals surface area contributed by atoms with Crippen LogP contribution in [0.5, 0.6) is 0 Å². The highest BCUT2D eigenvalue weighted by Gasteiger charge is 2.19. The molecular weight excluding hydrogens is 216 g/mol. The van der Waals surface area contributed by atoms with E-state index in [1.165, 1.54) is 24.3 Å². The van der Waals surface area contributed by atoms with E-state index in [4.69, 9.17) is 5.11 Å². The molecule has 0 unspecified atom stereocenters. The van der Waals surface area contributed by atoms with Crippen molar-refractivity contribution in [3.8, 4) is 0 Å². The van der Waals surface area contributed by atoms with E-state index in [2.05, 4.69) is 4.74 Å². The fourth-order valence-electron chi connectivity index (χ4n) is 1.02. The van der Waals surface area contributed by atoms with Crippen molar-refractivity contribution >= 4 is 24.2 Å². The van der Waals surface area contributed by atoms with Crippen LogP contribution >= 0.6 is 0 Å². The second kappa shape index (κ2) is 4.83. The van der Waals surface area contributed by atoms with Gasteiger partial charge in [0.2, 0.25) is 6.29 Å². The minimum atomic E-state index is -1.37. The molecule has 0 aliphatic carbocycles. The molecule has 0 aromatic heterocycles. The van der Waals surface area contributed by atoms with Gasteiger partial charge in [-0.25, -0.2) is 14.4 Å². The van der Waals surface area contributed by atoms with E-state index in [1.807, 2.05) is 0 Å². The molecule has 0 atom stereocenters. The summed E-state index contributed by atoms with van der Waals surface area (Å²) < 4.78 is 4.07. The van der Waals surface area contributed by atoms with Gasteiger partial charge in [0.25, 0.3) is 0 Å². The first kappa shape index (κ1) is 11.6. The summed E-state index contributed by atoms with van der Waals surface area (Å²) >= 11 is 0. The molecule has 0 heterocycles. The van der Waals surface area contributed by atoms with Crippen LogP contribution in [0.3, 0.4) is 0 Å². The SMILES string of the molecule is O=CC(=O)OC(=O)c1ccccc1C(=O)O. The maximum absolute atomic E-state index is 11.3. The number of hydrogen-bond acceptors (Lipinski definition) is 5. The number of carboxylic acid groups (broad SMARTS) is 1. The largest absolute Gasteiger partial charge is 0.478 e. The molecule has 0 saturated carbocycles. The number of hydrogen-bond donors (Lipinski definition) is 1. The first-order valence-electron chi connectivity index (χ1n) is 4.10. The molecule has 0 fully saturated rings. The van der Waals surface area contributed by atoms with Crippen LogP contribution in [0.2, 0.25) is 0 Å². The maximum Gasteiger partial charge on any atom is 0.379 e. The molecule has 1 aromatic rings. The number of benzene rings is 1. The Hall–Kier alpha value is -2.50. The normalized spacial score (nSPS) is 9.25. The Kier molecular flexibility index (Phi) is 3.49. The average molecular weight is 222 g/mol. The number of carboxylic acids is 1. The van der Waals surface area contributed by atoms with E-state index in [0.29, 0.717) is 0 Å². The summed E-state index contributed by atoms with van der Waals surface area (Å²) in [6.45, 7) is 0. The van der Waals surface area contributed by atoms with Gasteiger partial charge in [0.1, 0.15) is 0 Å². The highest BCUT2D eigenvalue weighted by atomic mass is 16.6. The predicted molar refractivity (Wildman–Crippen MR) is 49.9 cm³/mol. The van der Waals surface area contributed by atoms with Crippen molar-refractivity contribution in [2.24, 2.45) is 0 Å². The van der Waals surface area contributed by atoms with Gasteiger partial charge in [-0.3, -0.25) is 4.79 Å². The summed E-state index contributed by atoms with van der Waals surface area (Å²) in [5, 5.41) is 8.74. The van der Waals surface area contributed by atoms with Crippen LogP contribution in [-0.2, 0) is 14.3 Å². The fourth-order valence-corrected chi connectivity index (χ4v) is 1.02. The highest BCUT2D eigenvalue weighted by Crippen LogP contribution is 2.10. The Morgan fingerprint density at radius 2 is 1.69 bits per heavy atom. The summed E-state index contributed by atoms with van der Waals surface area (Å²) in [6, 6.07) is 5.20. The van der Waals surface area contributed by atoms with Crippen LogP contribution in [0.15, 0.2) is 24.3 Å². The molecule has 1 aromatic carbocycles. The Bertz CT molecular complexity index is 462. The van der Waals surface area contributed by atoms with E-state index in [0.717, 1.165) is 0 Å². The van der Waals surface area contributed by atoms with Crippen molar-refractivity contribution in [3.63, 3.8) is 0 Å². The molecule has 0 radical (unpaired) electrons. The molecular formula is C10H6O6. The molecule has 16 heavy (non-hydrogen) atoms. The molecule has 0 spiro atoms. The van der Waals surface area contributed by atoms with Crippen molar-refractivity contribution in [2.75, 3.05) is 0 Å². The quantitative estimate of drug-likeness (QED) is 0.341. The van der Waals surface area contributed by atoms with Gasteiger partial charge in [-0.1, -0.05) is 12.1 Å². The number of carbonyl (C=O) groups is 4. The molecule has 6 heteroatoms. The van der Waals surface area contributed by atoms with E-state index >= 15 is 0 Å². The van der Waals surface area contributed by atoms with Gasteiger partial charge in [0.05, 0.1) is 11.1 Å². The number of esters is 2. The zero-order valence-electron chi connectivity index (χ0n) is 7.88. The lowest BCUT2D eigenvalue weighted by Crippen LogP contribution is -2.16. The van der Waals surface area contributed by atoms with Crippen LogP contribution in [0.25, 0.3) is 0 Å². The third-order valence-electron chi connectivity index (χ3n) is 1.67. The van der Waals surface area contributed by atoms with E-state index < -0.39 is 17.9 Å². The second-order valence-corrected chi connectivity index (χ2v) is 2.68. The molecule has 6 nitrogen and oxygen atoms in total. The lowest BCUT2D eigenvalue weighted by molar-refractivity contribution is -0.144. The Balaban J connectivity index is 3.03. The molecule has 0 bridgehead atoms. The highest BCUT2D eigenvalue weighted by molar-refractivity contribution is 6.24. The molecule has 0 amide bonds. The van der Waals surface area contributed by atoms with Gasteiger partial charge in [-0.05, 0) is 12.1 Å². The minimum Gasteiger partial charge on any atom is -0.478 e. The van der Waals surface area contributed by atoms with E-state index in [1.54, 1.807) is 0 Å². The standard InChI is InChI=1S/C10H6O6/c11-5-8(12)16-10(15)7-4-2-1-3-6(7)9(13)14/h1-5H,(H,13,14). The summed E-state index contributed by atoms with van der Waals surface area (Å²) in [7, 11) is 0. The van der Waals surface area contributed by atoms with Crippen molar-refractivity contribution in [3.05, 3.63) is 35.4 Å². The van der Waals surface area contributed by atoms with Gasteiger partial charge < -0.3 is 9.84 Å². The van der Waals surface area contributed by atoms with E-state index in [-0.39, 0.29) is 17.4 Å². The van der Waals surface area contributed by atoms with Crippen molar-refractivity contribution in [1.29, 1.82) is 0 Å². The van der Waals surface area contributed by atoms with Crippen molar-refractivity contribution in [2.45, 2.75) is 0 Å². The number of aromatic carboxylic acids is 1. The Labute approximate surface area is 89.4 Å². The molecule has 82 valence electrons. The average Bonchev–Trinajstić information content (AvgIpc) is 2.28. The molecule has 0 aliphatic rings. The Morgan fingerprint density at radius 3 is 2.19 bits per heavy atom. The number of ether oxygens (including phenoxy) is 1. The third-order valence-corrected chi connectivity index (χ3v) is 1.67. The van der Waals surface area contributed by atoms with Gasteiger partial charge in [0, 0.05) is 0 Å². The van der Waals surface area contributed by atoms with Gasteiger partial charge in [-0.15, -0.1) is 0 Å². The van der Waals surface area contributed by atoms with Crippen LogP contribution in [0.4, 0.5) is 0 Å². The topological polar surface area (TPSA) is 97.7 Å². The number of aldehydes is 1. The van der Waals surface area contributed by atoms with Crippen LogP contribution in [0, 0.1) is 0 Å². The van der Waals surface area contributed by atoms with E-state index in [9.17, 15) is 19.2 Å². The molecule has 1 rings (SSSR count). The molecule has 0 saturated heterocycles.